The molecule has 0 aromatic carbocycles. The Bertz CT molecular complexity index is 2450. The fourth-order valence-electron chi connectivity index (χ4n) is 5.79. The van der Waals surface area contributed by atoms with E-state index in [1.165, 1.54) is 30.5 Å². The smallest absolute Gasteiger partial charge is 0.408 e. The lowest BCUT2D eigenvalue weighted by Crippen LogP contribution is -2.41. The lowest BCUT2D eigenvalue weighted by Gasteiger charge is -2.20. The summed E-state index contributed by atoms with van der Waals surface area (Å²) in [7, 11) is 0. The molecule has 0 aliphatic carbocycles. The molecule has 0 bridgehead atoms. The predicted octanol–water partition coefficient (Wildman–Crippen LogP) is 6.01. The molecule has 0 radical (unpaired) electrons. The van der Waals surface area contributed by atoms with E-state index in [1.807, 2.05) is 5.43 Å². The number of urea groups is 1. The number of carbonyl (C=O) groups is 13. The van der Waals surface area contributed by atoms with Crippen LogP contribution in [0.2, 0.25) is 0 Å². The van der Waals surface area contributed by atoms with Crippen molar-refractivity contribution in [3.63, 3.8) is 0 Å². The van der Waals surface area contributed by atoms with Gasteiger partial charge < -0.3 is 95.5 Å². The average molecular weight is 1360 g/mol. The number of carboxylic acid groups (broad SMARTS) is 2. The van der Waals surface area contributed by atoms with Gasteiger partial charge in [0, 0.05) is 38.3 Å². The molecule has 0 heterocycles. The highest BCUT2D eigenvalue weighted by atomic mass is 16.6. The zero-order valence-corrected chi connectivity index (χ0v) is 57.7. The fraction of sp³-hybridized carbons (Fsp3) is 0.645. The molecule has 544 valence electrons. The molecule has 0 fully saturated rings. The second kappa shape index (κ2) is 51.3. The number of aldehydes is 1. The van der Waals surface area contributed by atoms with Crippen LogP contribution in [0.3, 0.4) is 0 Å². The summed E-state index contributed by atoms with van der Waals surface area (Å²) >= 11 is 0. The molecule has 5 unspecified atom stereocenters. The van der Waals surface area contributed by atoms with E-state index in [4.69, 9.17) is 59.9 Å². The summed E-state index contributed by atoms with van der Waals surface area (Å²) in [5, 5.41) is 39.5. The van der Waals surface area contributed by atoms with Gasteiger partial charge >= 0.3 is 72.2 Å². The number of ether oxygens (including phenoxy) is 9. The van der Waals surface area contributed by atoms with Gasteiger partial charge in [-0.2, -0.15) is 5.10 Å². The van der Waals surface area contributed by atoms with Crippen molar-refractivity contribution in [2.24, 2.45) is 16.6 Å². The summed E-state index contributed by atoms with van der Waals surface area (Å²) in [6, 6.07) is -5.01. The van der Waals surface area contributed by atoms with Crippen LogP contribution in [0.4, 0.5) is 24.0 Å². The van der Waals surface area contributed by atoms with Crippen LogP contribution in [0.5, 0.6) is 0 Å². The number of nitrogens with zero attached hydrogens (tertiary/aromatic N) is 1. The van der Waals surface area contributed by atoms with Gasteiger partial charge in [-0.05, 0) is 136 Å². The van der Waals surface area contributed by atoms with E-state index in [0.29, 0.717) is 6.29 Å². The number of amides is 6. The van der Waals surface area contributed by atoms with E-state index >= 15 is 0 Å². The number of aliphatic hydroxyl groups excluding tert-OH is 1. The second-order valence-electron chi connectivity index (χ2n) is 24.6. The van der Waals surface area contributed by atoms with Gasteiger partial charge in [0.2, 0.25) is 0 Å². The van der Waals surface area contributed by atoms with E-state index < -0.39 is 124 Å². The van der Waals surface area contributed by atoms with Crippen LogP contribution in [0.1, 0.15) is 168 Å². The van der Waals surface area contributed by atoms with Crippen LogP contribution in [-0.2, 0) is 81.0 Å². The number of esters is 5. The van der Waals surface area contributed by atoms with Gasteiger partial charge in [0.1, 0.15) is 72.8 Å². The topological polar surface area (TPSA) is 490 Å². The van der Waals surface area contributed by atoms with Crippen LogP contribution in [0.15, 0.2) is 55.7 Å². The molecule has 0 saturated carbocycles. The van der Waals surface area contributed by atoms with Gasteiger partial charge in [-0.1, -0.05) is 50.6 Å². The SMILES string of the molecule is C=CCOC(=O)NC(/C=N/NC(N)=O)CCC(=O)OC(C)(C)C.C=CCOC(=O)NC(C=O)CCC(=O)OC(C)(C)C.C=CCOC(=O)NC(CCC(=O)OC(C)(C)C)C(=O)O.C=CCOC(=O)NC(CO)CCC(=O)OC(C)(C)C.CC(C)(C)OC(=O)CCC(N)C(=O)O. The first-order valence-corrected chi connectivity index (χ1v) is 29.7. The third-order valence-corrected chi connectivity index (χ3v) is 9.39. The van der Waals surface area contributed by atoms with Crippen LogP contribution < -0.4 is 38.2 Å². The summed E-state index contributed by atoms with van der Waals surface area (Å²) in [4.78, 5) is 145. The molecule has 12 N–H and O–H groups in total. The van der Waals surface area contributed by atoms with Gasteiger partial charge in [0.25, 0.3) is 0 Å². The van der Waals surface area contributed by atoms with Crippen LogP contribution in [0, 0.1) is 0 Å². The van der Waals surface area contributed by atoms with Crippen LogP contribution >= 0.6 is 0 Å². The van der Waals surface area contributed by atoms with Crippen molar-refractivity contribution >= 4 is 84.7 Å². The molecular weight excluding hydrogens is 1260 g/mol. The molecule has 33 heteroatoms. The Morgan fingerprint density at radius 1 is 0.442 bits per heavy atom. The number of aliphatic carboxylic acids is 2. The first kappa shape index (κ1) is 94.6. The van der Waals surface area contributed by atoms with E-state index in [0.717, 1.165) is 0 Å². The Kier molecular flexibility index (Phi) is 51.1. The van der Waals surface area contributed by atoms with Crippen molar-refractivity contribution in [3.8, 4) is 0 Å². The highest BCUT2D eigenvalue weighted by molar-refractivity contribution is 5.81. The maximum Gasteiger partial charge on any atom is 0.408 e. The quantitative estimate of drug-likeness (QED) is 0.00898. The molecule has 6 amide bonds. The zero-order chi connectivity index (χ0) is 74.8. The number of primary amides is 1. The van der Waals surface area contributed by atoms with Gasteiger partial charge in [-0.15, -0.1) is 0 Å². The van der Waals surface area contributed by atoms with Gasteiger partial charge in [-0.3, -0.25) is 28.8 Å². The highest BCUT2D eigenvalue weighted by Crippen LogP contribution is 2.14. The van der Waals surface area contributed by atoms with Crippen molar-refractivity contribution in [1.29, 1.82) is 0 Å². The van der Waals surface area contributed by atoms with Crippen molar-refractivity contribution in [2.45, 2.75) is 226 Å². The number of rotatable bonds is 33. The Morgan fingerprint density at radius 3 is 1.03 bits per heavy atom. The molecule has 0 aliphatic rings. The Morgan fingerprint density at radius 2 is 0.737 bits per heavy atom. The molecule has 5 atom stereocenters. The van der Waals surface area contributed by atoms with E-state index in [2.05, 4.69) is 62.2 Å². The second-order valence-corrected chi connectivity index (χ2v) is 24.6. The average Bonchev–Trinajstić information content (AvgIpc) is 1.60. The van der Waals surface area contributed by atoms with Crippen LogP contribution in [0.25, 0.3) is 0 Å². The summed E-state index contributed by atoms with van der Waals surface area (Å²) in [5.41, 5.74) is 9.23. The lowest BCUT2D eigenvalue weighted by molar-refractivity contribution is -0.156. The minimum atomic E-state index is -1.25. The summed E-state index contributed by atoms with van der Waals surface area (Å²) in [6.07, 6.45) is 5.29. The van der Waals surface area contributed by atoms with Crippen molar-refractivity contribution < 1.29 is 120 Å². The number of alkyl carbamates (subject to hydrolysis) is 4. The summed E-state index contributed by atoms with van der Waals surface area (Å²) in [6.45, 7) is 39.7. The number of nitrogens with two attached hydrogens (primary N) is 2. The third-order valence-electron chi connectivity index (χ3n) is 9.39. The van der Waals surface area contributed by atoms with Crippen LogP contribution in [-0.4, -0.2) is 191 Å². The molecular formula is C62H106N8O25. The van der Waals surface area contributed by atoms with Gasteiger partial charge in [0.15, 0.2) is 0 Å². The summed E-state index contributed by atoms with van der Waals surface area (Å²) in [5.74, 6) is -4.50. The molecule has 0 saturated heterocycles. The third kappa shape index (κ3) is 70.6. The van der Waals surface area contributed by atoms with Gasteiger partial charge in [0.05, 0.1) is 24.7 Å². The molecule has 0 spiro atoms. The predicted molar refractivity (Wildman–Crippen MR) is 347 cm³/mol. The largest absolute Gasteiger partial charge is 0.480 e. The Hall–Kier alpha value is -9.14. The minimum Gasteiger partial charge on any atom is -0.480 e. The number of carboxylic acids is 2. The number of hydrogen-bond donors (Lipinski definition) is 10. The monoisotopic (exact) mass is 1360 g/mol. The zero-order valence-electron chi connectivity index (χ0n) is 57.7. The molecule has 95 heavy (non-hydrogen) atoms. The summed E-state index contributed by atoms with van der Waals surface area (Å²) < 4.78 is 44.2. The van der Waals surface area contributed by atoms with Gasteiger partial charge in [-0.25, -0.2) is 34.2 Å². The molecule has 33 nitrogen and oxygen atoms in total. The van der Waals surface area contributed by atoms with E-state index in [9.17, 15) is 62.3 Å². The molecule has 0 aliphatic heterocycles. The maximum absolute atomic E-state index is 11.7. The number of hydrogen-bond acceptors (Lipinski definition) is 25. The fourth-order valence-corrected chi connectivity index (χ4v) is 5.79. The first-order chi connectivity index (χ1) is 43.6. The molecule has 0 rings (SSSR count). The Labute approximate surface area is 556 Å². The van der Waals surface area contributed by atoms with Crippen molar-refractivity contribution in [2.75, 3.05) is 33.0 Å². The van der Waals surface area contributed by atoms with E-state index in [-0.39, 0.29) is 103 Å². The molecule has 0 aromatic heterocycles. The number of nitrogens with one attached hydrogen (secondary N) is 5. The first-order valence-electron chi connectivity index (χ1n) is 29.7. The lowest BCUT2D eigenvalue weighted by atomic mass is 10.1. The normalized spacial score (nSPS) is 12.4. The standard InChI is InChI=1S/C14H24N4O5.C13H21NO6.C13H23NO5.C13H21NO5.C9H17NO4/c1-5-8-22-13(21)17-10(9-16-18-12(15)20)6-7-11(19)23-14(2,3)4;1-5-8-19-12(18)14-9(11(16)17)6-7-10(15)20-13(2,3)4;2*1-5-8-18-12(17)14-10(9-15)6-7-11(16)19-13(2,3)4;1-9(2,3)14-7(11)5-4-6(10)8(12)13/h5,9-10H,1,6-8H2,2-4H3,(H,17,21)(H3,15,18,20);5,9H,1,6-8H2,2-4H3,(H,14,18)(H,16,17);5,10,15H,1,6-9H2,2-4H3,(H,14,17);5,9-10H,1,6-8H2,2-4H3,(H,14,17);6H,4-5,10H2,1-3H3,(H,12,13)/b16-9+;;;;. The maximum atomic E-state index is 11.7. The molecule has 0 aromatic rings. The van der Waals surface area contributed by atoms with Crippen molar-refractivity contribution in [3.05, 3.63) is 50.6 Å². The Balaban J connectivity index is -0.000000358. The number of carbonyl (C=O) groups excluding carboxylic acids is 11. The highest BCUT2D eigenvalue weighted by Gasteiger charge is 2.26. The van der Waals surface area contributed by atoms with Crippen molar-refractivity contribution in [1.82, 2.24) is 26.7 Å². The number of hydrazone groups is 1. The number of aliphatic hydroxyl groups is 1. The minimum absolute atomic E-state index is 0.0236. The van der Waals surface area contributed by atoms with E-state index in [1.54, 1.807) is 104 Å².